The molecule has 3 nitrogen and oxygen atoms in total. The summed E-state index contributed by atoms with van der Waals surface area (Å²) < 4.78 is 5.13. The van der Waals surface area contributed by atoms with E-state index in [0.717, 1.165) is 13.0 Å². The van der Waals surface area contributed by atoms with E-state index in [-0.39, 0.29) is 0 Å². The lowest BCUT2D eigenvalue weighted by Crippen LogP contribution is -1.99. The van der Waals surface area contributed by atoms with Gasteiger partial charge in [-0.1, -0.05) is 19.8 Å². The highest BCUT2D eigenvalue weighted by atomic mass is 16.4. The third-order valence-corrected chi connectivity index (χ3v) is 1.82. The zero-order valence-corrected chi connectivity index (χ0v) is 7.88. The fraction of sp³-hybridized carbons (Fsp3) is 0.500. The summed E-state index contributed by atoms with van der Waals surface area (Å²) in [5.41, 5.74) is 0. The van der Waals surface area contributed by atoms with Gasteiger partial charge in [0, 0.05) is 12.6 Å². The van der Waals surface area contributed by atoms with Crippen LogP contribution in [0.3, 0.4) is 0 Å². The Balaban J connectivity index is 2.24. The number of hydrogen-bond donors (Lipinski definition) is 1. The summed E-state index contributed by atoms with van der Waals surface area (Å²) in [6.07, 6.45) is 4.26. The summed E-state index contributed by atoms with van der Waals surface area (Å²) in [5, 5.41) is 3.11. The molecule has 13 heavy (non-hydrogen) atoms. The maximum Gasteiger partial charge on any atom is 0.193 e. The molecule has 1 heterocycles. The van der Waals surface area contributed by atoms with Crippen molar-refractivity contribution in [2.45, 2.75) is 26.2 Å². The van der Waals surface area contributed by atoms with Gasteiger partial charge in [-0.15, -0.1) is 0 Å². The van der Waals surface area contributed by atoms with E-state index in [2.05, 4.69) is 12.2 Å². The lowest BCUT2D eigenvalue weighted by atomic mass is 10.2. The minimum Gasteiger partial charge on any atom is -0.438 e. The second-order valence-corrected chi connectivity index (χ2v) is 2.95. The minimum atomic E-state index is 0.373. The van der Waals surface area contributed by atoms with Crippen LogP contribution in [0, 0.1) is 0 Å². The molecular weight excluding hydrogens is 166 g/mol. The van der Waals surface area contributed by atoms with Gasteiger partial charge in [-0.3, -0.25) is 4.79 Å². The maximum atomic E-state index is 10.3. The van der Waals surface area contributed by atoms with Crippen molar-refractivity contribution in [1.82, 2.24) is 0 Å². The summed E-state index contributed by atoms with van der Waals surface area (Å²) in [6.45, 7) is 3.07. The summed E-state index contributed by atoms with van der Waals surface area (Å²) in [4.78, 5) is 10.3. The van der Waals surface area contributed by atoms with Gasteiger partial charge >= 0.3 is 0 Å². The first-order valence-corrected chi connectivity index (χ1v) is 4.65. The molecule has 1 N–H and O–H groups in total. The molecule has 0 aromatic carbocycles. The molecule has 0 saturated carbocycles. The molecule has 0 atom stereocenters. The van der Waals surface area contributed by atoms with Gasteiger partial charge < -0.3 is 9.73 Å². The van der Waals surface area contributed by atoms with E-state index in [1.807, 2.05) is 0 Å². The number of rotatable bonds is 6. The van der Waals surface area contributed by atoms with Crippen molar-refractivity contribution >= 4 is 12.2 Å². The predicted molar refractivity (Wildman–Crippen MR) is 52.1 cm³/mol. The van der Waals surface area contributed by atoms with Crippen molar-refractivity contribution in [3.05, 3.63) is 17.9 Å². The zero-order valence-electron chi connectivity index (χ0n) is 7.88. The van der Waals surface area contributed by atoms with Crippen molar-refractivity contribution < 1.29 is 9.21 Å². The molecule has 0 fully saturated rings. The maximum absolute atomic E-state index is 10.3. The first kappa shape index (κ1) is 9.84. The van der Waals surface area contributed by atoms with E-state index in [1.165, 1.54) is 12.8 Å². The fourth-order valence-electron chi connectivity index (χ4n) is 1.10. The Bertz CT molecular complexity index is 255. The van der Waals surface area contributed by atoms with Crippen molar-refractivity contribution in [3.8, 4) is 0 Å². The van der Waals surface area contributed by atoms with Crippen LogP contribution in [-0.2, 0) is 0 Å². The number of aldehydes is 1. The molecule has 0 amide bonds. The first-order chi connectivity index (χ1) is 6.36. The van der Waals surface area contributed by atoms with Crippen LogP contribution in [0.5, 0.6) is 0 Å². The van der Waals surface area contributed by atoms with E-state index in [9.17, 15) is 4.79 Å². The third kappa shape index (κ3) is 3.32. The van der Waals surface area contributed by atoms with E-state index in [0.29, 0.717) is 17.9 Å². The quantitative estimate of drug-likeness (QED) is 0.542. The average Bonchev–Trinajstić information content (AvgIpc) is 2.60. The monoisotopic (exact) mass is 181 g/mol. The molecule has 0 aliphatic carbocycles. The molecule has 72 valence electrons. The van der Waals surface area contributed by atoms with Gasteiger partial charge in [-0.05, 0) is 12.5 Å². The molecule has 1 aromatic rings. The SMILES string of the molecule is CCCCCNc1ccc(C=O)o1. The highest BCUT2D eigenvalue weighted by Crippen LogP contribution is 2.11. The lowest BCUT2D eigenvalue weighted by Gasteiger charge is -2.00. The van der Waals surface area contributed by atoms with Crippen molar-refractivity contribution in [2.24, 2.45) is 0 Å². The number of carbonyl (C=O) groups is 1. The zero-order chi connectivity index (χ0) is 9.52. The normalized spacial score (nSPS) is 9.92. The van der Waals surface area contributed by atoms with Gasteiger partial charge in [-0.25, -0.2) is 0 Å². The van der Waals surface area contributed by atoms with Gasteiger partial charge in [0.05, 0.1) is 0 Å². The Labute approximate surface area is 78.1 Å². The number of nitrogens with one attached hydrogen (secondary N) is 1. The number of unbranched alkanes of at least 4 members (excludes halogenated alkanes) is 2. The highest BCUT2D eigenvalue weighted by Gasteiger charge is 1.98. The van der Waals surface area contributed by atoms with Crippen molar-refractivity contribution in [2.75, 3.05) is 11.9 Å². The van der Waals surface area contributed by atoms with Gasteiger partial charge in [0.2, 0.25) is 0 Å². The van der Waals surface area contributed by atoms with E-state index in [1.54, 1.807) is 12.1 Å². The topological polar surface area (TPSA) is 42.2 Å². The Morgan fingerprint density at radius 2 is 2.31 bits per heavy atom. The molecule has 0 bridgehead atoms. The van der Waals surface area contributed by atoms with Gasteiger partial charge in [-0.2, -0.15) is 0 Å². The van der Waals surface area contributed by atoms with Gasteiger partial charge in [0.1, 0.15) is 0 Å². The first-order valence-electron chi connectivity index (χ1n) is 4.65. The summed E-state index contributed by atoms with van der Waals surface area (Å²) in [7, 11) is 0. The third-order valence-electron chi connectivity index (χ3n) is 1.82. The van der Waals surface area contributed by atoms with E-state index < -0.39 is 0 Å². The average molecular weight is 181 g/mol. The molecule has 0 aliphatic rings. The standard InChI is InChI=1S/C10H15NO2/c1-2-3-4-7-11-10-6-5-9(8-12)13-10/h5-6,8,11H,2-4,7H2,1H3. The second kappa shape index (κ2) is 5.41. The van der Waals surface area contributed by atoms with Crippen LogP contribution in [0.25, 0.3) is 0 Å². The van der Waals surface area contributed by atoms with Crippen LogP contribution in [0.2, 0.25) is 0 Å². The van der Waals surface area contributed by atoms with Crippen molar-refractivity contribution in [3.63, 3.8) is 0 Å². The van der Waals surface area contributed by atoms with Crippen LogP contribution in [-0.4, -0.2) is 12.8 Å². The molecule has 0 radical (unpaired) electrons. The molecule has 0 unspecified atom stereocenters. The second-order valence-electron chi connectivity index (χ2n) is 2.95. The fourth-order valence-corrected chi connectivity index (χ4v) is 1.10. The Hall–Kier alpha value is -1.25. The molecular formula is C10H15NO2. The lowest BCUT2D eigenvalue weighted by molar-refractivity contribution is 0.110. The number of furan rings is 1. The van der Waals surface area contributed by atoms with Crippen LogP contribution in [0.15, 0.2) is 16.5 Å². The number of anilines is 1. The highest BCUT2D eigenvalue weighted by molar-refractivity contribution is 5.71. The predicted octanol–water partition coefficient (Wildman–Crippen LogP) is 2.69. The molecule has 0 spiro atoms. The Morgan fingerprint density at radius 1 is 1.46 bits per heavy atom. The molecule has 3 heteroatoms. The molecule has 1 rings (SSSR count). The van der Waals surface area contributed by atoms with Crippen LogP contribution < -0.4 is 5.32 Å². The Kier molecular flexibility index (Phi) is 4.09. The summed E-state index contributed by atoms with van der Waals surface area (Å²) >= 11 is 0. The van der Waals surface area contributed by atoms with E-state index >= 15 is 0 Å². The van der Waals surface area contributed by atoms with Crippen LogP contribution >= 0.6 is 0 Å². The number of hydrogen-bond acceptors (Lipinski definition) is 3. The number of carbonyl (C=O) groups excluding carboxylic acids is 1. The van der Waals surface area contributed by atoms with Gasteiger partial charge in [0.15, 0.2) is 17.9 Å². The molecule has 0 saturated heterocycles. The summed E-state index contributed by atoms with van der Waals surface area (Å²) in [5.74, 6) is 1.05. The van der Waals surface area contributed by atoms with Crippen LogP contribution in [0.4, 0.5) is 5.88 Å². The minimum absolute atomic E-state index is 0.373. The summed E-state index contributed by atoms with van der Waals surface area (Å²) in [6, 6.07) is 3.44. The Morgan fingerprint density at radius 3 is 2.92 bits per heavy atom. The van der Waals surface area contributed by atoms with Crippen molar-refractivity contribution in [1.29, 1.82) is 0 Å². The van der Waals surface area contributed by atoms with Crippen LogP contribution in [0.1, 0.15) is 36.7 Å². The molecule has 1 aromatic heterocycles. The molecule has 0 aliphatic heterocycles. The smallest absolute Gasteiger partial charge is 0.193 e. The van der Waals surface area contributed by atoms with E-state index in [4.69, 9.17) is 4.42 Å². The van der Waals surface area contributed by atoms with Gasteiger partial charge in [0.25, 0.3) is 0 Å². The largest absolute Gasteiger partial charge is 0.438 e.